The average Bonchev–Trinajstić information content (AvgIpc) is 2.51. The van der Waals surface area contributed by atoms with Crippen LogP contribution in [0.15, 0.2) is 0 Å². The van der Waals surface area contributed by atoms with E-state index in [4.69, 9.17) is 4.55 Å². The van der Waals surface area contributed by atoms with Gasteiger partial charge < -0.3 is 0 Å². The summed E-state index contributed by atoms with van der Waals surface area (Å²) in [5, 5.41) is 0. The fourth-order valence-corrected chi connectivity index (χ4v) is 2.00. The SMILES string of the molecule is O=S(=O)(O)C(F)C(F)(F)C(F)(F)C(F)(F)C(F)(F)C(F)(F)C(F)(F)C(F)(F)C(F)F. The van der Waals surface area contributed by atoms with E-state index in [0.29, 0.717) is 0 Å². The first-order chi connectivity index (χ1) is 12.6. The van der Waals surface area contributed by atoms with Crippen molar-refractivity contribution >= 4 is 10.1 Å². The molecule has 0 aromatic heterocycles. The molecule has 0 aliphatic rings. The number of halogens is 17. The van der Waals surface area contributed by atoms with Crippen LogP contribution < -0.4 is 0 Å². The highest BCUT2D eigenvalue weighted by Crippen LogP contribution is 2.63. The summed E-state index contributed by atoms with van der Waals surface area (Å²) in [4.78, 5) is 0. The van der Waals surface area contributed by atoms with Crippen LogP contribution in [0.4, 0.5) is 74.6 Å². The second-order valence-electron chi connectivity index (χ2n) is 5.25. The Balaban J connectivity index is 6.82. The molecule has 0 radical (unpaired) electrons. The lowest BCUT2D eigenvalue weighted by Crippen LogP contribution is -2.74. The van der Waals surface area contributed by atoms with Gasteiger partial charge in [-0.15, -0.1) is 0 Å². The maximum absolute atomic E-state index is 13.2. The van der Waals surface area contributed by atoms with Crippen molar-refractivity contribution in [3.63, 3.8) is 0 Å². The number of alkyl halides is 17. The molecule has 0 aliphatic carbocycles. The zero-order chi connectivity index (χ0) is 25.2. The minimum Gasteiger partial charge on any atom is -0.283 e. The van der Waals surface area contributed by atoms with Crippen molar-refractivity contribution in [2.75, 3.05) is 0 Å². The van der Waals surface area contributed by atoms with Gasteiger partial charge in [0.2, 0.25) is 0 Å². The van der Waals surface area contributed by atoms with Crippen LogP contribution in [0.1, 0.15) is 0 Å². The molecule has 0 aromatic rings. The molecule has 0 saturated heterocycles. The topological polar surface area (TPSA) is 54.4 Å². The van der Waals surface area contributed by atoms with E-state index >= 15 is 0 Å². The first-order valence-corrected chi connectivity index (χ1v) is 7.63. The molecule has 0 rings (SSSR count). The maximum atomic E-state index is 13.2. The number of hydrogen-bond donors (Lipinski definition) is 1. The second kappa shape index (κ2) is 7.12. The first-order valence-electron chi connectivity index (χ1n) is 6.13. The quantitative estimate of drug-likeness (QED) is 0.353. The minimum absolute atomic E-state index is 5.96. The lowest BCUT2D eigenvalue weighted by Gasteiger charge is -2.42. The summed E-state index contributed by atoms with van der Waals surface area (Å²) in [5.41, 5.74) is -5.96. The lowest BCUT2D eigenvalue weighted by molar-refractivity contribution is -0.448. The highest BCUT2D eigenvalue weighted by atomic mass is 32.2. The largest absolute Gasteiger partial charge is 0.385 e. The van der Waals surface area contributed by atoms with Crippen molar-refractivity contribution in [1.29, 1.82) is 0 Å². The molecular formula is C9H3F17O3S. The van der Waals surface area contributed by atoms with Gasteiger partial charge in [0.25, 0.3) is 5.50 Å². The molecule has 30 heavy (non-hydrogen) atoms. The van der Waals surface area contributed by atoms with E-state index in [1.165, 1.54) is 0 Å². The van der Waals surface area contributed by atoms with Gasteiger partial charge in [-0.25, -0.2) is 13.2 Å². The molecule has 0 bridgehead atoms. The third kappa shape index (κ3) is 3.53. The van der Waals surface area contributed by atoms with Crippen LogP contribution >= 0.6 is 0 Å². The van der Waals surface area contributed by atoms with Crippen LogP contribution in [-0.4, -0.2) is 66.4 Å². The van der Waals surface area contributed by atoms with Gasteiger partial charge in [0.05, 0.1) is 0 Å². The van der Waals surface area contributed by atoms with E-state index in [0.717, 1.165) is 0 Å². The molecule has 1 unspecified atom stereocenters. The van der Waals surface area contributed by atoms with Crippen molar-refractivity contribution in [3.05, 3.63) is 0 Å². The van der Waals surface area contributed by atoms with E-state index in [-0.39, 0.29) is 0 Å². The molecule has 0 aromatic carbocycles. The Bertz CT molecular complexity index is 742. The van der Waals surface area contributed by atoms with Crippen LogP contribution in [0.5, 0.6) is 0 Å². The molecule has 0 heterocycles. The van der Waals surface area contributed by atoms with Gasteiger partial charge in [-0.1, -0.05) is 0 Å². The van der Waals surface area contributed by atoms with E-state index in [9.17, 15) is 83.1 Å². The zero-order valence-corrected chi connectivity index (χ0v) is 13.6. The van der Waals surface area contributed by atoms with E-state index < -0.39 is 63.5 Å². The van der Waals surface area contributed by atoms with Crippen molar-refractivity contribution in [2.24, 2.45) is 0 Å². The smallest absolute Gasteiger partial charge is 0.283 e. The summed E-state index contributed by atoms with van der Waals surface area (Å²) in [5.74, 6) is -58.3. The molecule has 3 nitrogen and oxygen atoms in total. The Hall–Kier alpha value is -1.28. The normalized spacial score (nSPS) is 17.4. The predicted octanol–water partition coefficient (Wildman–Crippen LogP) is 4.88. The van der Waals surface area contributed by atoms with Gasteiger partial charge in [0.1, 0.15) is 0 Å². The van der Waals surface area contributed by atoms with Crippen molar-refractivity contribution in [2.45, 2.75) is 53.4 Å². The fraction of sp³-hybridized carbons (Fsp3) is 1.00. The van der Waals surface area contributed by atoms with Gasteiger partial charge in [-0.3, -0.25) is 4.55 Å². The standard InChI is InChI=1S/C9H3F17O3S/c10-1(11)3(13,14)5(17,18)7(21,22)9(25,26)8(23,24)6(19,20)4(15,16)2(12)30(27,28)29/h1-2H,(H,27,28,29). The molecule has 182 valence electrons. The highest BCUT2D eigenvalue weighted by molar-refractivity contribution is 7.86. The minimum atomic E-state index is -8.78. The van der Waals surface area contributed by atoms with Gasteiger partial charge in [-0.05, 0) is 0 Å². The van der Waals surface area contributed by atoms with Crippen LogP contribution in [0.2, 0.25) is 0 Å². The Kier molecular flexibility index (Phi) is 6.82. The summed E-state index contributed by atoms with van der Waals surface area (Å²) in [6.07, 6.45) is -6.01. The summed E-state index contributed by atoms with van der Waals surface area (Å²) in [6.45, 7) is 0. The van der Waals surface area contributed by atoms with E-state index in [2.05, 4.69) is 0 Å². The second-order valence-corrected chi connectivity index (χ2v) is 6.69. The Morgan fingerprint density at radius 2 is 0.733 bits per heavy atom. The first kappa shape index (κ1) is 28.7. The predicted molar refractivity (Wildman–Crippen MR) is 57.1 cm³/mol. The van der Waals surface area contributed by atoms with Crippen LogP contribution in [0, 0.1) is 0 Å². The molecule has 0 fully saturated rings. The van der Waals surface area contributed by atoms with E-state index in [1.54, 1.807) is 0 Å². The summed E-state index contributed by atoms with van der Waals surface area (Å²) in [6, 6.07) is 0. The number of hydrogen-bond acceptors (Lipinski definition) is 2. The summed E-state index contributed by atoms with van der Waals surface area (Å²) < 4.78 is 246. The monoisotopic (exact) mass is 514 g/mol. The van der Waals surface area contributed by atoms with Crippen molar-refractivity contribution in [1.82, 2.24) is 0 Å². The van der Waals surface area contributed by atoms with Gasteiger partial charge in [0, 0.05) is 0 Å². The van der Waals surface area contributed by atoms with E-state index in [1.807, 2.05) is 0 Å². The molecule has 1 N–H and O–H groups in total. The van der Waals surface area contributed by atoms with Crippen LogP contribution in [-0.2, 0) is 10.1 Å². The molecule has 0 amide bonds. The summed E-state index contributed by atoms with van der Waals surface area (Å²) in [7, 11) is -7.18. The third-order valence-corrected chi connectivity index (χ3v) is 4.05. The molecule has 0 saturated carbocycles. The van der Waals surface area contributed by atoms with Gasteiger partial charge in [-0.2, -0.15) is 69.9 Å². The molecule has 1 atom stereocenters. The average molecular weight is 514 g/mol. The zero-order valence-electron chi connectivity index (χ0n) is 12.8. The third-order valence-electron chi connectivity index (χ3n) is 3.24. The van der Waals surface area contributed by atoms with Crippen molar-refractivity contribution < 1.29 is 87.6 Å². The number of rotatable bonds is 9. The van der Waals surface area contributed by atoms with Crippen LogP contribution in [0.3, 0.4) is 0 Å². The Labute approximate surface area is 152 Å². The van der Waals surface area contributed by atoms with Gasteiger partial charge >= 0.3 is 58.0 Å². The Morgan fingerprint density at radius 3 is 0.967 bits per heavy atom. The fourth-order valence-electron chi connectivity index (χ4n) is 1.48. The Morgan fingerprint density at radius 1 is 0.500 bits per heavy atom. The van der Waals surface area contributed by atoms with Gasteiger partial charge in [0.15, 0.2) is 0 Å². The molecule has 21 heteroatoms. The maximum Gasteiger partial charge on any atom is 0.385 e. The summed E-state index contributed by atoms with van der Waals surface area (Å²) >= 11 is 0. The lowest BCUT2D eigenvalue weighted by atomic mass is 9.89. The highest BCUT2D eigenvalue weighted by Gasteiger charge is 2.94. The van der Waals surface area contributed by atoms with Crippen molar-refractivity contribution in [3.8, 4) is 0 Å². The molecule has 0 aliphatic heterocycles. The van der Waals surface area contributed by atoms with Crippen LogP contribution in [0.25, 0.3) is 0 Å². The molecule has 0 spiro atoms. The molecular weight excluding hydrogens is 511 g/mol.